The summed E-state index contributed by atoms with van der Waals surface area (Å²) in [5.74, 6) is 1.06. The number of benzene rings is 1. The van der Waals surface area contributed by atoms with Crippen molar-refractivity contribution in [1.29, 1.82) is 0 Å². The minimum atomic E-state index is 0.0746. The molecule has 3 heteroatoms. The van der Waals surface area contributed by atoms with Crippen molar-refractivity contribution in [3.8, 4) is 5.75 Å². The van der Waals surface area contributed by atoms with Crippen LogP contribution in [0.1, 0.15) is 71.2 Å². The lowest BCUT2D eigenvalue weighted by Gasteiger charge is -2.26. The number of carbonyl (C=O) groups is 1. The molecule has 3 nitrogen and oxygen atoms in total. The van der Waals surface area contributed by atoms with Crippen LogP contribution in [0.4, 0.5) is 0 Å². The van der Waals surface area contributed by atoms with Crippen molar-refractivity contribution in [3.63, 3.8) is 0 Å². The predicted molar refractivity (Wildman–Crippen MR) is 99.7 cm³/mol. The minimum absolute atomic E-state index is 0.0746. The molecule has 0 spiro atoms. The van der Waals surface area contributed by atoms with E-state index in [0.29, 0.717) is 12.6 Å². The number of para-hydroxylation sites is 1. The lowest BCUT2D eigenvalue weighted by molar-refractivity contribution is 0.0913. The van der Waals surface area contributed by atoms with Crippen LogP contribution in [0.25, 0.3) is 0 Å². The molecule has 0 aliphatic heterocycles. The lowest BCUT2D eigenvalue weighted by Crippen LogP contribution is -2.42. The van der Waals surface area contributed by atoms with Gasteiger partial charge in [-0.05, 0) is 57.6 Å². The average Bonchev–Trinajstić information content (AvgIpc) is 2.90. The van der Waals surface area contributed by atoms with Gasteiger partial charge in [-0.25, -0.2) is 0 Å². The monoisotopic (exact) mass is 331 g/mol. The Balaban J connectivity index is 2.05. The number of hydrogen-bond acceptors (Lipinski definition) is 3. The van der Waals surface area contributed by atoms with Gasteiger partial charge in [0.05, 0.1) is 12.2 Å². The van der Waals surface area contributed by atoms with Crippen LogP contribution in [-0.4, -0.2) is 24.0 Å². The smallest absolute Gasteiger partial charge is 0.169 e. The van der Waals surface area contributed by atoms with Crippen LogP contribution in [0.5, 0.6) is 5.75 Å². The third-order valence-corrected chi connectivity index (χ3v) is 4.25. The maximum atomic E-state index is 13.0. The summed E-state index contributed by atoms with van der Waals surface area (Å²) in [7, 11) is 0. The number of Topliss-reactive ketones (excluding diaryl/α,β-unsaturated/α-hetero) is 1. The van der Waals surface area contributed by atoms with Gasteiger partial charge >= 0.3 is 0 Å². The SMILES string of the molecule is CC(C)(C)COc1ccccc1C(=O)C1CC[C@@H](NC(C)(C)C)C1. The van der Waals surface area contributed by atoms with Gasteiger partial charge in [-0.15, -0.1) is 0 Å². The van der Waals surface area contributed by atoms with Gasteiger partial charge in [0.15, 0.2) is 5.78 Å². The van der Waals surface area contributed by atoms with Crippen molar-refractivity contribution >= 4 is 5.78 Å². The summed E-state index contributed by atoms with van der Waals surface area (Å²) in [6.45, 7) is 13.6. The van der Waals surface area contributed by atoms with Crippen molar-refractivity contribution in [2.24, 2.45) is 11.3 Å². The van der Waals surface area contributed by atoms with Gasteiger partial charge in [-0.3, -0.25) is 4.79 Å². The molecule has 1 aromatic carbocycles. The Morgan fingerprint density at radius 1 is 1.12 bits per heavy atom. The molecule has 1 aromatic rings. The van der Waals surface area contributed by atoms with Crippen LogP contribution in [0.2, 0.25) is 0 Å². The van der Waals surface area contributed by atoms with E-state index in [0.717, 1.165) is 30.6 Å². The first kappa shape index (κ1) is 19.0. The number of ether oxygens (including phenoxy) is 1. The first-order valence-electron chi connectivity index (χ1n) is 9.09. The van der Waals surface area contributed by atoms with Crippen molar-refractivity contribution < 1.29 is 9.53 Å². The highest BCUT2D eigenvalue weighted by Crippen LogP contribution is 2.32. The van der Waals surface area contributed by atoms with Crippen LogP contribution in [0, 0.1) is 11.3 Å². The zero-order valence-electron chi connectivity index (χ0n) is 16.1. The molecule has 1 saturated carbocycles. The van der Waals surface area contributed by atoms with E-state index < -0.39 is 0 Å². The second-order valence-electron chi connectivity index (χ2n) is 9.31. The molecule has 1 unspecified atom stereocenters. The molecule has 2 rings (SSSR count). The van der Waals surface area contributed by atoms with Gasteiger partial charge in [0.1, 0.15) is 5.75 Å². The van der Waals surface area contributed by atoms with Crippen LogP contribution in [0.15, 0.2) is 24.3 Å². The van der Waals surface area contributed by atoms with Crippen molar-refractivity contribution in [1.82, 2.24) is 5.32 Å². The Morgan fingerprint density at radius 3 is 2.42 bits per heavy atom. The molecule has 0 radical (unpaired) electrons. The molecule has 0 heterocycles. The molecule has 0 saturated heterocycles. The van der Waals surface area contributed by atoms with E-state index in [9.17, 15) is 4.79 Å². The lowest BCUT2D eigenvalue weighted by atomic mass is 9.94. The van der Waals surface area contributed by atoms with Gasteiger partial charge in [-0.2, -0.15) is 0 Å². The van der Waals surface area contributed by atoms with Crippen LogP contribution in [0.3, 0.4) is 0 Å². The van der Waals surface area contributed by atoms with Crippen molar-refractivity contribution in [2.75, 3.05) is 6.61 Å². The second kappa shape index (κ2) is 7.26. The van der Waals surface area contributed by atoms with E-state index >= 15 is 0 Å². The molecule has 1 aliphatic carbocycles. The maximum Gasteiger partial charge on any atom is 0.169 e. The van der Waals surface area contributed by atoms with Crippen molar-refractivity contribution in [3.05, 3.63) is 29.8 Å². The fourth-order valence-corrected chi connectivity index (χ4v) is 3.27. The number of ketones is 1. The van der Waals surface area contributed by atoms with Crippen molar-refractivity contribution in [2.45, 2.75) is 72.4 Å². The van der Waals surface area contributed by atoms with E-state index in [4.69, 9.17) is 4.74 Å². The quantitative estimate of drug-likeness (QED) is 0.784. The standard InChI is InChI=1S/C21H33NO2/c1-20(2,3)14-24-18-10-8-7-9-17(18)19(23)15-11-12-16(13-15)22-21(4,5)6/h7-10,15-16,22H,11-14H2,1-6H3/t15?,16-/m1/s1. The highest BCUT2D eigenvalue weighted by atomic mass is 16.5. The van der Waals surface area contributed by atoms with E-state index in [2.05, 4.69) is 46.9 Å². The Bertz CT molecular complexity index is 566. The molecule has 1 fully saturated rings. The van der Waals surface area contributed by atoms with Crippen LogP contribution < -0.4 is 10.1 Å². The topological polar surface area (TPSA) is 38.3 Å². The maximum absolute atomic E-state index is 13.0. The average molecular weight is 332 g/mol. The molecule has 134 valence electrons. The molecule has 0 aromatic heterocycles. The highest BCUT2D eigenvalue weighted by Gasteiger charge is 2.33. The number of nitrogens with one attached hydrogen (secondary N) is 1. The molecule has 0 amide bonds. The van der Waals surface area contributed by atoms with Gasteiger partial charge < -0.3 is 10.1 Å². The summed E-state index contributed by atoms with van der Waals surface area (Å²) < 4.78 is 5.95. The fourth-order valence-electron chi connectivity index (χ4n) is 3.27. The summed E-state index contributed by atoms with van der Waals surface area (Å²) in [4.78, 5) is 13.0. The van der Waals surface area contributed by atoms with E-state index in [1.807, 2.05) is 24.3 Å². The number of rotatable bonds is 5. The summed E-state index contributed by atoms with van der Waals surface area (Å²) in [5.41, 5.74) is 0.907. The van der Waals surface area contributed by atoms with Crippen LogP contribution >= 0.6 is 0 Å². The van der Waals surface area contributed by atoms with Crippen LogP contribution in [-0.2, 0) is 0 Å². The Kier molecular flexibility index (Phi) is 5.74. The van der Waals surface area contributed by atoms with Gasteiger partial charge in [-0.1, -0.05) is 32.9 Å². The first-order chi connectivity index (χ1) is 11.1. The zero-order valence-corrected chi connectivity index (χ0v) is 16.1. The fraction of sp³-hybridized carbons (Fsp3) is 0.667. The molecule has 1 N–H and O–H groups in total. The van der Waals surface area contributed by atoms with E-state index in [1.165, 1.54) is 0 Å². The zero-order chi connectivity index (χ0) is 18.0. The summed E-state index contributed by atoms with van der Waals surface area (Å²) in [5, 5.41) is 3.63. The second-order valence-corrected chi connectivity index (χ2v) is 9.31. The third kappa shape index (κ3) is 5.62. The Morgan fingerprint density at radius 2 is 1.79 bits per heavy atom. The molecular weight excluding hydrogens is 298 g/mol. The van der Waals surface area contributed by atoms with Gasteiger partial charge in [0, 0.05) is 17.5 Å². The van der Waals surface area contributed by atoms with Gasteiger partial charge in [0.2, 0.25) is 0 Å². The normalized spacial score (nSPS) is 21.8. The Labute approximate surface area is 147 Å². The predicted octanol–water partition coefficient (Wildman–Crippen LogP) is 4.85. The molecule has 24 heavy (non-hydrogen) atoms. The Hall–Kier alpha value is -1.35. The summed E-state index contributed by atoms with van der Waals surface area (Å²) in [6, 6.07) is 8.12. The molecular formula is C21H33NO2. The van der Waals surface area contributed by atoms with Gasteiger partial charge in [0.25, 0.3) is 0 Å². The first-order valence-corrected chi connectivity index (χ1v) is 9.09. The highest BCUT2D eigenvalue weighted by molar-refractivity contribution is 6.00. The third-order valence-electron chi connectivity index (χ3n) is 4.25. The summed E-state index contributed by atoms with van der Waals surface area (Å²) in [6.07, 6.45) is 2.95. The molecule has 2 atom stereocenters. The number of hydrogen-bond donors (Lipinski definition) is 1. The summed E-state index contributed by atoms with van der Waals surface area (Å²) >= 11 is 0. The molecule has 1 aliphatic rings. The molecule has 0 bridgehead atoms. The van der Waals surface area contributed by atoms with E-state index in [1.54, 1.807) is 0 Å². The number of carbonyl (C=O) groups excluding carboxylic acids is 1. The minimum Gasteiger partial charge on any atom is -0.492 e. The van der Waals surface area contributed by atoms with E-state index in [-0.39, 0.29) is 22.7 Å². The largest absolute Gasteiger partial charge is 0.492 e.